The highest BCUT2D eigenvalue weighted by atomic mass is 79.9. The molecule has 0 N–H and O–H groups in total. The number of carbonyl (C=O) groups excluding carboxylic acids is 1. The predicted molar refractivity (Wildman–Crippen MR) is 182 cm³/mol. The number of methoxy groups -OCH3 is 1. The number of hydrogen-bond donors (Lipinski definition) is 0. The van der Waals surface area contributed by atoms with Gasteiger partial charge in [-0.2, -0.15) is 9.78 Å². The van der Waals surface area contributed by atoms with Crippen molar-refractivity contribution in [1.29, 1.82) is 0 Å². The Morgan fingerprint density at radius 1 is 1.09 bits per heavy atom. The van der Waals surface area contributed by atoms with Crippen LogP contribution in [0, 0.1) is 0 Å². The molecule has 4 aromatic rings. The number of Topliss-reactive ketones (excluding diaryl/α,β-unsaturated/α-hetero) is 1. The summed E-state index contributed by atoms with van der Waals surface area (Å²) in [4.78, 5) is 16.0. The SMILES string of the molecule is CCc1ccc(/C=N/n2c(SCC(=O)c3cc(N4CCOCC4)c(OC)c(C(C)(C)C)c3)nnc2-c2cccc(Br)c2)cc1. The van der Waals surface area contributed by atoms with Gasteiger partial charge in [0.05, 0.1) is 38.0 Å². The van der Waals surface area contributed by atoms with Crippen LogP contribution >= 0.6 is 27.7 Å². The van der Waals surface area contributed by atoms with E-state index in [0.29, 0.717) is 29.8 Å². The van der Waals surface area contributed by atoms with Crippen molar-refractivity contribution in [3.63, 3.8) is 0 Å². The molecule has 1 aliphatic heterocycles. The zero-order valence-electron chi connectivity index (χ0n) is 25.8. The van der Waals surface area contributed by atoms with E-state index in [1.807, 2.05) is 48.5 Å². The first-order valence-electron chi connectivity index (χ1n) is 14.7. The number of aryl methyl sites for hydroxylation is 1. The lowest BCUT2D eigenvalue weighted by molar-refractivity contribution is 0.102. The zero-order valence-corrected chi connectivity index (χ0v) is 28.2. The summed E-state index contributed by atoms with van der Waals surface area (Å²) in [6, 6.07) is 20.1. The van der Waals surface area contributed by atoms with E-state index in [-0.39, 0.29) is 17.0 Å². The molecule has 0 saturated carbocycles. The number of benzene rings is 3. The maximum Gasteiger partial charge on any atom is 0.212 e. The van der Waals surface area contributed by atoms with E-state index < -0.39 is 0 Å². The first-order valence-corrected chi connectivity index (χ1v) is 16.5. The van der Waals surface area contributed by atoms with E-state index >= 15 is 0 Å². The van der Waals surface area contributed by atoms with E-state index in [0.717, 1.165) is 52.1 Å². The number of carbonyl (C=O) groups is 1. The van der Waals surface area contributed by atoms with Gasteiger partial charge in [-0.1, -0.05) is 91.8 Å². The van der Waals surface area contributed by atoms with Crippen LogP contribution in [0.3, 0.4) is 0 Å². The highest BCUT2D eigenvalue weighted by Crippen LogP contribution is 2.41. The van der Waals surface area contributed by atoms with E-state index in [1.165, 1.54) is 17.3 Å². The first-order chi connectivity index (χ1) is 21.2. The standard InChI is InChI=1S/C34H38BrN5O3S/c1-6-23-10-12-24(13-11-23)21-36-40-32(25-8-7-9-27(35)18-25)37-38-33(40)44-22-30(41)26-19-28(34(2,3)4)31(42-5)29(20-26)39-14-16-43-17-15-39/h7-13,18-21H,6,14-17,22H2,1-5H3/b36-21+. The van der Waals surface area contributed by atoms with Gasteiger partial charge in [-0.3, -0.25) is 4.79 Å². The summed E-state index contributed by atoms with van der Waals surface area (Å²) in [6.45, 7) is 11.3. The Labute approximate surface area is 272 Å². The quantitative estimate of drug-likeness (QED) is 0.0993. The normalized spacial score (nSPS) is 13.9. The fourth-order valence-electron chi connectivity index (χ4n) is 5.03. The molecule has 0 amide bonds. The second-order valence-corrected chi connectivity index (χ2v) is 13.5. The molecule has 1 aliphatic rings. The minimum absolute atomic E-state index is 0.00430. The molecule has 0 radical (unpaired) electrons. The molecule has 44 heavy (non-hydrogen) atoms. The lowest BCUT2D eigenvalue weighted by Crippen LogP contribution is -2.37. The molecular formula is C34H38BrN5O3S. The molecule has 0 bridgehead atoms. The van der Waals surface area contributed by atoms with Gasteiger partial charge >= 0.3 is 0 Å². The molecular weight excluding hydrogens is 638 g/mol. The summed E-state index contributed by atoms with van der Waals surface area (Å²) in [7, 11) is 1.69. The minimum Gasteiger partial charge on any atom is -0.494 e. The number of halogens is 1. The average Bonchev–Trinajstić information content (AvgIpc) is 3.44. The first kappa shape index (κ1) is 31.9. The Morgan fingerprint density at radius 3 is 2.50 bits per heavy atom. The van der Waals surface area contributed by atoms with Gasteiger partial charge in [0.25, 0.3) is 0 Å². The minimum atomic E-state index is -0.223. The third-order valence-electron chi connectivity index (χ3n) is 7.49. The Hall–Kier alpha value is -3.47. The molecule has 10 heteroatoms. The van der Waals surface area contributed by atoms with Gasteiger partial charge in [0.1, 0.15) is 5.75 Å². The molecule has 8 nitrogen and oxygen atoms in total. The summed E-state index contributed by atoms with van der Waals surface area (Å²) >= 11 is 4.88. The maximum absolute atomic E-state index is 13.8. The molecule has 5 rings (SSSR count). The van der Waals surface area contributed by atoms with Gasteiger partial charge < -0.3 is 14.4 Å². The second kappa shape index (κ2) is 14.1. The van der Waals surface area contributed by atoms with Crippen molar-refractivity contribution in [2.45, 2.75) is 44.7 Å². The van der Waals surface area contributed by atoms with Crippen LogP contribution < -0.4 is 9.64 Å². The monoisotopic (exact) mass is 675 g/mol. The summed E-state index contributed by atoms with van der Waals surface area (Å²) in [5.74, 6) is 1.57. The number of rotatable bonds is 10. The van der Waals surface area contributed by atoms with Crippen LogP contribution in [0.15, 0.2) is 75.4 Å². The van der Waals surface area contributed by atoms with Crippen LogP contribution in [-0.4, -0.2) is 66.0 Å². The van der Waals surface area contributed by atoms with Gasteiger partial charge in [-0.05, 0) is 47.2 Å². The van der Waals surface area contributed by atoms with Gasteiger partial charge in [0, 0.05) is 34.3 Å². The molecule has 1 fully saturated rings. The number of nitrogens with zero attached hydrogens (tertiary/aromatic N) is 5. The summed E-state index contributed by atoms with van der Waals surface area (Å²) in [6.07, 6.45) is 2.77. The zero-order chi connectivity index (χ0) is 31.3. The summed E-state index contributed by atoms with van der Waals surface area (Å²) in [5.41, 5.74) is 5.43. The van der Waals surface area contributed by atoms with Crippen molar-refractivity contribution < 1.29 is 14.3 Å². The largest absolute Gasteiger partial charge is 0.494 e. The van der Waals surface area contributed by atoms with Gasteiger partial charge in [-0.25, -0.2) is 0 Å². The van der Waals surface area contributed by atoms with Crippen molar-refractivity contribution in [2.24, 2.45) is 5.10 Å². The Kier molecular flexibility index (Phi) is 10.2. The van der Waals surface area contributed by atoms with Crippen LogP contribution in [0.25, 0.3) is 11.4 Å². The third kappa shape index (κ3) is 7.42. The van der Waals surface area contributed by atoms with Crippen molar-refractivity contribution in [2.75, 3.05) is 44.1 Å². The number of morpholine rings is 1. The van der Waals surface area contributed by atoms with E-state index in [9.17, 15) is 4.79 Å². The lowest BCUT2D eigenvalue weighted by Gasteiger charge is -2.33. The van der Waals surface area contributed by atoms with E-state index in [1.54, 1.807) is 18.0 Å². The highest BCUT2D eigenvalue weighted by Gasteiger charge is 2.27. The number of ether oxygens (including phenoxy) is 2. The molecule has 1 aromatic heterocycles. The Balaban J connectivity index is 1.46. The molecule has 0 unspecified atom stereocenters. The predicted octanol–water partition coefficient (Wildman–Crippen LogP) is 7.27. The van der Waals surface area contributed by atoms with Crippen LogP contribution in [0.2, 0.25) is 0 Å². The van der Waals surface area contributed by atoms with Crippen molar-refractivity contribution in [3.8, 4) is 17.1 Å². The Bertz CT molecular complexity index is 1640. The average molecular weight is 677 g/mol. The fraction of sp³-hybridized carbons (Fsp3) is 0.353. The van der Waals surface area contributed by atoms with Crippen molar-refractivity contribution in [3.05, 3.63) is 87.4 Å². The number of aromatic nitrogens is 3. The van der Waals surface area contributed by atoms with Crippen molar-refractivity contribution in [1.82, 2.24) is 14.9 Å². The molecule has 1 saturated heterocycles. The van der Waals surface area contributed by atoms with Crippen LogP contribution in [0.4, 0.5) is 5.69 Å². The Morgan fingerprint density at radius 2 is 1.84 bits per heavy atom. The number of thioether (sulfide) groups is 1. The lowest BCUT2D eigenvalue weighted by atomic mass is 9.84. The molecule has 2 heterocycles. The fourth-order valence-corrected chi connectivity index (χ4v) is 6.21. The van der Waals surface area contributed by atoms with Gasteiger partial charge in [-0.15, -0.1) is 10.2 Å². The van der Waals surface area contributed by atoms with Crippen LogP contribution in [0.5, 0.6) is 5.75 Å². The van der Waals surface area contributed by atoms with E-state index in [4.69, 9.17) is 14.6 Å². The molecule has 230 valence electrons. The molecule has 0 spiro atoms. The van der Waals surface area contributed by atoms with Gasteiger partial charge in [0.2, 0.25) is 5.16 Å². The number of ketones is 1. The number of hydrogen-bond acceptors (Lipinski definition) is 8. The van der Waals surface area contributed by atoms with Crippen LogP contribution in [-0.2, 0) is 16.6 Å². The second-order valence-electron chi connectivity index (χ2n) is 11.6. The van der Waals surface area contributed by atoms with E-state index in [2.05, 4.69) is 70.9 Å². The molecule has 0 atom stereocenters. The highest BCUT2D eigenvalue weighted by molar-refractivity contribution is 9.10. The summed E-state index contributed by atoms with van der Waals surface area (Å²) < 4.78 is 14.1. The van der Waals surface area contributed by atoms with Gasteiger partial charge in [0.15, 0.2) is 11.6 Å². The molecule has 0 aliphatic carbocycles. The smallest absolute Gasteiger partial charge is 0.212 e. The third-order valence-corrected chi connectivity index (χ3v) is 8.91. The topological polar surface area (TPSA) is 81.8 Å². The number of anilines is 1. The van der Waals surface area contributed by atoms with Crippen molar-refractivity contribution >= 4 is 45.4 Å². The maximum atomic E-state index is 13.8. The summed E-state index contributed by atoms with van der Waals surface area (Å²) in [5, 5.41) is 14.2. The van der Waals surface area contributed by atoms with Crippen LogP contribution in [0.1, 0.15) is 54.7 Å². The molecule has 3 aromatic carbocycles.